The minimum Gasteiger partial charge on any atom is -0.390 e. The normalized spacial score (nSPS) is 21.2. The van der Waals surface area contributed by atoms with E-state index >= 15 is 0 Å². The van der Waals surface area contributed by atoms with Gasteiger partial charge in [0.2, 0.25) is 0 Å². The number of aliphatic hydroxyl groups is 1. The molecule has 1 aliphatic carbocycles. The second-order valence-corrected chi connectivity index (χ2v) is 6.46. The highest BCUT2D eigenvalue weighted by Gasteiger charge is 2.16. The summed E-state index contributed by atoms with van der Waals surface area (Å²) in [5.74, 6) is 0. The molecule has 2 N–H and O–H groups in total. The minimum absolute atomic E-state index is 0.498. The van der Waals surface area contributed by atoms with Crippen molar-refractivity contribution < 1.29 is 5.11 Å². The summed E-state index contributed by atoms with van der Waals surface area (Å²) in [6.45, 7) is 6.09. The predicted octanol–water partition coefficient (Wildman–Crippen LogP) is 3.63. The molecule has 0 bridgehead atoms. The Morgan fingerprint density at radius 3 is 2.29 bits per heavy atom. The van der Waals surface area contributed by atoms with Gasteiger partial charge < -0.3 is 10.4 Å². The van der Waals surface area contributed by atoms with Crippen LogP contribution in [0.4, 0.5) is 0 Å². The summed E-state index contributed by atoms with van der Waals surface area (Å²) in [5, 5.41) is 13.4. The van der Waals surface area contributed by atoms with Crippen LogP contribution in [0.25, 0.3) is 0 Å². The third-order valence-electron chi connectivity index (χ3n) is 3.80. The standard InChI is InChI=1S/C15H31NO/c1-13(9-8-12-15(2,3)17)16-14-10-6-4-5-7-11-14/h13-14,16-17H,4-12H2,1-3H3/t13-/m1/s1. The first kappa shape index (κ1) is 15.0. The van der Waals surface area contributed by atoms with E-state index in [1.807, 2.05) is 13.8 Å². The summed E-state index contributed by atoms with van der Waals surface area (Å²) in [6, 6.07) is 1.34. The van der Waals surface area contributed by atoms with Gasteiger partial charge >= 0.3 is 0 Å². The van der Waals surface area contributed by atoms with Crippen molar-refractivity contribution in [3.05, 3.63) is 0 Å². The summed E-state index contributed by atoms with van der Waals surface area (Å²) in [5.41, 5.74) is -0.498. The summed E-state index contributed by atoms with van der Waals surface area (Å²) in [7, 11) is 0. The molecule has 17 heavy (non-hydrogen) atoms. The van der Waals surface area contributed by atoms with Crippen LogP contribution in [0.5, 0.6) is 0 Å². The summed E-state index contributed by atoms with van der Waals surface area (Å²) < 4.78 is 0. The molecular formula is C15H31NO. The Hall–Kier alpha value is -0.0800. The predicted molar refractivity (Wildman–Crippen MR) is 74.2 cm³/mol. The second kappa shape index (κ2) is 7.38. The molecule has 0 heterocycles. The van der Waals surface area contributed by atoms with E-state index in [4.69, 9.17) is 0 Å². The van der Waals surface area contributed by atoms with Gasteiger partial charge in [0.25, 0.3) is 0 Å². The lowest BCUT2D eigenvalue weighted by Crippen LogP contribution is -2.36. The molecule has 0 aromatic rings. The van der Waals surface area contributed by atoms with Crippen LogP contribution in [-0.4, -0.2) is 22.8 Å². The van der Waals surface area contributed by atoms with Crippen LogP contribution in [-0.2, 0) is 0 Å². The van der Waals surface area contributed by atoms with Crippen LogP contribution in [0.1, 0.15) is 78.6 Å². The lowest BCUT2D eigenvalue weighted by molar-refractivity contribution is 0.0674. The second-order valence-electron chi connectivity index (χ2n) is 6.46. The van der Waals surface area contributed by atoms with Crippen LogP contribution < -0.4 is 5.32 Å². The number of hydrogen-bond acceptors (Lipinski definition) is 2. The average Bonchev–Trinajstić information content (AvgIpc) is 2.44. The molecular weight excluding hydrogens is 210 g/mol. The van der Waals surface area contributed by atoms with Gasteiger partial charge in [0.05, 0.1) is 5.60 Å². The molecule has 0 aromatic heterocycles. The molecule has 2 heteroatoms. The van der Waals surface area contributed by atoms with Crippen LogP contribution in [0, 0.1) is 0 Å². The quantitative estimate of drug-likeness (QED) is 0.696. The van der Waals surface area contributed by atoms with E-state index in [2.05, 4.69) is 12.2 Å². The van der Waals surface area contributed by atoms with E-state index in [0.717, 1.165) is 18.9 Å². The van der Waals surface area contributed by atoms with E-state index in [9.17, 15) is 5.11 Å². The Bertz CT molecular complexity index is 190. The zero-order valence-corrected chi connectivity index (χ0v) is 12.0. The fourth-order valence-electron chi connectivity index (χ4n) is 2.77. The van der Waals surface area contributed by atoms with E-state index in [1.54, 1.807) is 0 Å². The van der Waals surface area contributed by atoms with Crippen LogP contribution in [0.15, 0.2) is 0 Å². The van der Waals surface area contributed by atoms with Crippen molar-refractivity contribution in [2.24, 2.45) is 0 Å². The third kappa shape index (κ3) is 7.77. The van der Waals surface area contributed by atoms with Crippen LogP contribution in [0.2, 0.25) is 0 Å². The Morgan fingerprint density at radius 1 is 1.18 bits per heavy atom. The monoisotopic (exact) mass is 241 g/mol. The molecule has 0 saturated heterocycles. The average molecular weight is 241 g/mol. The SMILES string of the molecule is C[C@H](CCCC(C)(C)O)NC1CCCCCC1. The molecule has 1 aliphatic rings. The van der Waals surface area contributed by atoms with Crippen molar-refractivity contribution in [2.75, 3.05) is 0 Å². The molecule has 0 spiro atoms. The highest BCUT2D eigenvalue weighted by molar-refractivity contribution is 4.75. The maximum Gasteiger partial charge on any atom is 0.0591 e. The Balaban J connectivity index is 2.12. The molecule has 1 fully saturated rings. The molecule has 0 aliphatic heterocycles. The van der Waals surface area contributed by atoms with Gasteiger partial charge in [0.1, 0.15) is 0 Å². The zero-order valence-electron chi connectivity index (χ0n) is 12.0. The number of hydrogen-bond donors (Lipinski definition) is 2. The van der Waals surface area contributed by atoms with Gasteiger partial charge in [0, 0.05) is 12.1 Å². The Morgan fingerprint density at radius 2 is 1.76 bits per heavy atom. The third-order valence-corrected chi connectivity index (χ3v) is 3.80. The first-order chi connectivity index (χ1) is 7.97. The van der Waals surface area contributed by atoms with Gasteiger partial charge in [-0.3, -0.25) is 0 Å². The van der Waals surface area contributed by atoms with Crippen molar-refractivity contribution >= 4 is 0 Å². The Labute approximate surface area is 107 Å². The maximum atomic E-state index is 9.67. The number of rotatable bonds is 6. The maximum absolute atomic E-state index is 9.67. The topological polar surface area (TPSA) is 32.3 Å². The molecule has 0 amide bonds. The van der Waals surface area contributed by atoms with E-state index in [1.165, 1.54) is 44.9 Å². The summed E-state index contributed by atoms with van der Waals surface area (Å²) in [6.07, 6.45) is 11.6. The van der Waals surface area contributed by atoms with Gasteiger partial charge in [-0.05, 0) is 52.9 Å². The van der Waals surface area contributed by atoms with Crippen LogP contribution in [0.3, 0.4) is 0 Å². The van der Waals surface area contributed by atoms with E-state index < -0.39 is 5.60 Å². The lowest BCUT2D eigenvalue weighted by atomic mass is 9.99. The van der Waals surface area contributed by atoms with Crippen molar-refractivity contribution in [2.45, 2.75) is 96.2 Å². The molecule has 2 nitrogen and oxygen atoms in total. The highest BCUT2D eigenvalue weighted by Crippen LogP contribution is 2.19. The first-order valence-electron chi connectivity index (χ1n) is 7.46. The zero-order chi connectivity index (χ0) is 12.7. The molecule has 1 rings (SSSR count). The largest absolute Gasteiger partial charge is 0.390 e. The molecule has 0 aromatic carbocycles. The van der Waals surface area contributed by atoms with Crippen molar-refractivity contribution in [1.82, 2.24) is 5.32 Å². The van der Waals surface area contributed by atoms with Gasteiger partial charge in [-0.1, -0.05) is 25.7 Å². The molecule has 0 unspecified atom stereocenters. The smallest absolute Gasteiger partial charge is 0.0591 e. The van der Waals surface area contributed by atoms with Crippen LogP contribution >= 0.6 is 0 Å². The van der Waals surface area contributed by atoms with Gasteiger partial charge in [-0.15, -0.1) is 0 Å². The summed E-state index contributed by atoms with van der Waals surface area (Å²) >= 11 is 0. The molecule has 0 radical (unpaired) electrons. The fraction of sp³-hybridized carbons (Fsp3) is 1.00. The Kier molecular flexibility index (Phi) is 6.50. The van der Waals surface area contributed by atoms with Crippen molar-refractivity contribution in [3.63, 3.8) is 0 Å². The molecule has 102 valence electrons. The van der Waals surface area contributed by atoms with Crippen molar-refractivity contribution in [3.8, 4) is 0 Å². The summed E-state index contributed by atoms with van der Waals surface area (Å²) in [4.78, 5) is 0. The van der Waals surface area contributed by atoms with E-state index in [0.29, 0.717) is 6.04 Å². The first-order valence-corrected chi connectivity index (χ1v) is 7.46. The van der Waals surface area contributed by atoms with E-state index in [-0.39, 0.29) is 0 Å². The fourth-order valence-corrected chi connectivity index (χ4v) is 2.77. The minimum atomic E-state index is -0.498. The lowest BCUT2D eigenvalue weighted by Gasteiger charge is -2.23. The highest BCUT2D eigenvalue weighted by atomic mass is 16.3. The van der Waals surface area contributed by atoms with Gasteiger partial charge in [-0.2, -0.15) is 0 Å². The van der Waals surface area contributed by atoms with Gasteiger partial charge in [0.15, 0.2) is 0 Å². The molecule has 1 saturated carbocycles. The van der Waals surface area contributed by atoms with Crippen molar-refractivity contribution in [1.29, 1.82) is 0 Å². The van der Waals surface area contributed by atoms with Gasteiger partial charge in [-0.25, -0.2) is 0 Å². The molecule has 1 atom stereocenters. The number of nitrogens with one attached hydrogen (secondary N) is 1.